The van der Waals surface area contributed by atoms with E-state index in [1.807, 2.05) is 0 Å². The molecule has 204 valence electrons. The summed E-state index contributed by atoms with van der Waals surface area (Å²) < 4.78 is 0. The van der Waals surface area contributed by atoms with Gasteiger partial charge in [0.15, 0.2) is 0 Å². The summed E-state index contributed by atoms with van der Waals surface area (Å²) in [7, 11) is 0. The highest BCUT2D eigenvalue weighted by Gasteiger charge is 2.30. The van der Waals surface area contributed by atoms with E-state index in [2.05, 4.69) is 28.6 Å². The van der Waals surface area contributed by atoms with Gasteiger partial charge in [0.1, 0.15) is 23.9 Å². The summed E-state index contributed by atoms with van der Waals surface area (Å²) in [6.07, 6.45) is -1.18. The molecular formula is C22H31N5O9S. The Balaban J connectivity index is 3.00. The van der Waals surface area contributed by atoms with E-state index in [4.69, 9.17) is 16.6 Å². The van der Waals surface area contributed by atoms with Gasteiger partial charge < -0.3 is 42.7 Å². The lowest BCUT2D eigenvalue weighted by Crippen LogP contribution is -2.58. The minimum absolute atomic E-state index is 0.0232. The zero-order valence-corrected chi connectivity index (χ0v) is 20.6. The predicted octanol–water partition coefficient (Wildman–Crippen LogP) is -2.14. The average molecular weight is 542 g/mol. The predicted molar refractivity (Wildman–Crippen MR) is 132 cm³/mol. The Morgan fingerprint density at radius 1 is 0.811 bits per heavy atom. The maximum Gasteiger partial charge on any atom is 0.326 e. The SMILES string of the molecule is NC(=O)CCC(N)C(=O)NC(Cc1ccc(O)cc1)C(=O)NC(CS)C(=O)NC(CCC(=O)O)C(=O)O. The maximum atomic E-state index is 13.0. The molecule has 0 radical (unpaired) electrons. The summed E-state index contributed by atoms with van der Waals surface area (Å²) in [5, 5.41) is 34.5. The lowest BCUT2D eigenvalue weighted by Gasteiger charge is -2.24. The number of aliphatic carboxylic acids is 2. The molecule has 0 saturated heterocycles. The van der Waals surface area contributed by atoms with E-state index in [-0.39, 0.29) is 37.2 Å². The summed E-state index contributed by atoms with van der Waals surface area (Å²) in [5.41, 5.74) is 11.4. The van der Waals surface area contributed by atoms with Crippen LogP contribution in [0.4, 0.5) is 0 Å². The molecule has 4 atom stereocenters. The van der Waals surface area contributed by atoms with E-state index < -0.39 is 66.2 Å². The fourth-order valence-electron chi connectivity index (χ4n) is 3.05. The van der Waals surface area contributed by atoms with Gasteiger partial charge in [-0.3, -0.25) is 24.0 Å². The Morgan fingerprint density at radius 2 is 1.35 bits per heavy atom. The first-order valence-electron chi connectivity index (χ1n) is 11.1. The van der Waals surface area contributed by atoms with Crippen molar-refractivity contribution in [3.05, 3.63) is 29.8 Å². The second-order valence-electron chi connectivity index (χ2n) is 8.12. The number of hydrogen-bond acceptors (Lipinski definition) is 9. The van der Waals surface area contributed by atoms with E-state index in [1.165, 1.54) is 24.3 Å². The molecular weight excluding hydrogens is 510 g/mol. The zero-order chi connectivity index (χ0) is 28.1. The largest absolute Gasteiger partial charge is 0.508 e. The molecule has 4 amide bonds. The van der Waals surface area contributed by atoms with E-state index >= 15 is 0 Å². The first-order chi connectivity index (χ1) is 17.3. The Hall–Kier alpha value is -3.85. The fourth-order valence-corrected chi connectivity index (χ4v) is 3.31. The topological polar surface area (TPSA) is 251 Å². The highest BCUT2D eigenvalue weighted by atomic mass is 32.1. The minimum atomic E-state index is -1.52. The number of aromatic hydroxyl groups is 1. The number of amides is 4. The van der Waals surface area contributed by atoms with Gasteiger partial charge in [-0.25, -0.2) is 4.79 Å². The third-order valence-corrected chi connectivity index (χ3v) is 5.49. The van der Waals surface area contributed by atoms with Crippen molar-refractivity contribution in [3.63, 3.8) is 0 Å². The summed E-state index contributed by atoms with van der Waals surface area (Å²) in [5.74, 6) is -6.14. The van der Waals surface area contributed by atoms with Crippen LogP contribution in [0.2, 0.25) is 0 Å². The van der Waals surface area contributed by atoms with Crippen LogP contribution in [-0.4, -0.2) is 80.8 Å². The summed E-state index contributed by atoms with van der Waals surface area (Å²) in [6, 6.07) is 0.514. The second kappa shape index (κ2) is 15.3. The third-order valence-electron chi connectivity index (χ3n) is 5.12. The Bertz CT molecular complexity index is 989. The summed E-state index contributed by atoms with van der Waals surface area (Å²) >= 11 is 4.02. The number of primary amides is 1. The molecule has 1 aromatic rings. The molecule has 0 spiro atoms. The quantitative estimate of drug-likeness (QED) is 0.103. The third kappa shape index (κ3) is 11.6. The summed E-state index contributed by atoms with van der Waals surface area (Å²) in [4.78, 5) is 71.3. The Kier molecular flexibility index (Phi) is 12.9. The van der Waals surface area contributed by atoms with E-state index in [0.717, 1.165) is 0 Å². The molecule has 0 heterocycles. The minimum Gasteiger partial charge on any atom is -0.508 e. The molecule has 1 aromatic carbocycles. The molecule has 15 heteroatoms. The number of rotatable bonds is 16. The fraction of sp³-hybridized carbons (Fsp3) is 0.455. The number of nitrogens with one attached hydrogen (secondary N) is 3. The number of benzene rings is 1. The van der Waals surface area contributed by atoms with Crippen LogP contribution in [0.3, 0.4) is 0 Å². The van der Waals surface area contributed by atoms with Crippen LogP contribution in [0.5, 0.6) is 5.75 Å². The number of carbonyl (C=O) groups excluding carboxylic acids is 4. The number of carbonyl (C=O) groups is 6. The zero-order valence-electron chi connectivity index (χ0n) is 19.8. The van der Waals surface area contributed by atoms with Gasteiger partial charge >= 0.3 is 11.9 Å². The first kappa shape index (κ1) is 31.2. The van der Waals surface area contributed by atoms with Crippen LogP contribution in [-0.2, 0) is 35.2 Å². The average Bonchev–Trinajstić information content (AvgIpc) is 2.83. The number of carboxylic acids is 2. The van der Waals surface area contributed by atoms with Gasteiger partial charge in [0.2, 0.25) is 23.6 Å². The van der Waals surface area contributed by atoms with Gasteiger partial charge in [0, 0.05) is 25.0 Å². The van der Waals surface area contributed by atoms with Crippen molar-refractivity contribution in [3.8, 4) is 5.75 Å². The molecule has 0 bridgehead atoms. The number of phenolic OH excluding ortho intramolecular Hbond substituents is 1. The van der Waals surface area contributed by atoms with Crippen LogP contribution >= 0.6 is 12.6 Å². The van der Waals surface area contributed by atoms with E-state index in [0.29, 0.717) is 5.56 Å². The van der Waals surface area contributed by atoms with Crippen molar-refractivity contribution in [2.75, 3.05) is 5.75 Å². The van der Waals surface area contributed by atoms with Gasteiger partial charge in [-0.2, -0.15) is 12.6 Å². The first-order valence-corrected chi connectivity index (χ1v) is 11.8. The van der Waals surface area contributed by atoms with Crippen LogP contribution in [0.25, 0.3) is 0 Å². The normalized spacial score (nSPS) is 13.9. The van der Waals surface area contributed by atoms with Crippen molar-refractivity contribution in [1.29, 1.82) is 0 Å². The van der Waals surface area contributed by atoms with Crippen LogP contribution in [0, 0.1) is 0 Å². The molecule has 37 heavy (non-hydrogen) atoms. The molecule has 1 rings (SSSR count). The van der Waals surface area contributed by atoms with Crippen molar-refractivity contribution in [1.82, 2.24) is 16.0 Å². The van der Waals surface area contributed by atoms with Gasteiger partial charge in [-0.05, 0) is 30.5 Å². The Labute approximate surface area is 217 Å². The Morgan fingerprint density at radius 3 is 1.86 bits per heavy atom. The van der Waals surface area contributed by atoms with Gasteiger partial charge in [-0.15, -0.1) is 0 Å². The number of phenols is 1. The standard InChI is InChI=1S/C22H31N5O9S/c23-13(5-7-17(24)29)19(32)26-15(9-11-1-3-12(28)4-2-11)20(33)27-16(10-37)21(34)25-14(22(35)36)6-8-18(30)31/h1-4,13-16,28,37H,5-10,23H2,(H2,24,29)(H,25,34)(H,26,32)(H,27,33)(H,30,31)(H,35,36). The van der Waals surface area contributed by atoms with Crippen molar-refractivity contribution in [2.24, 2.45) is 11.5 Å². The molecule has 14 nitrogen and oxygen atoms in total. The lowest BCUT2D eigenvalue weighted by molar-refractivity contribution is -0.143. The smallest absolute Gasteiger partial charge is 0.326 e. The maximum absolute atomic E-state index is 13.0. The molecule has 0 aliphatic carbocycles. The van der Waals surface area contributed by atoms with Gasteiger partial charge in [0.05, 0.1) is 6.04 Å². The van der Waals surface area contributed by atoms with Gasteiger partial charge in [-0.1, -0.05) is 12.1 Å². The van der Waals surface area contributed by atoms with Crippen molar-refractivity contribution < 1.29 is 44.1 Å². The highest BCUT2D eigenvalue weighted by Crippen LogP contribution is 2.12. The van der Waals surface area contributed by atoms with Crippen LogP contribution in [0.1, 0.15) is 31.2 Å². The van der Waals surface area contributed by atoms with Crippen LogP contribution in [0.15, 0.2) is 24.3 Å². The van der Waals surface area contributed by atoms with E-state index in [9.17, 15) is 39.0 Å². The molecule has 0 fully saturated rings. The number of hydrogen-bond donors (Lipinski definition) is 9. The van der Waals surface area contributed by atoms with Crippen LogP contribution < -0.4 is 27.4 Å². The number of nitrogens with two attached hydrogens (primary N) is 2. The molecule has 0 aromatic heterocycles. The molecule has 0 aliphatic rings. The summed E-state index contributed by atoms with van der Waals surface area (Å²) in [6.45, 7) is 0. The van der Waals surface area contributed by atoms with Gasteiger partial charge in [0.25, 0.3) is 0 Å². The molecule has 10 N–H and O–H groups in total. The lowest BCUT2D eigenvalue weighted by atomic mass is 10.0. The number of carboxylic acid groups (broad SMARTS) is 2. The second-order valence-corrected chi connectivity index (χ2v) is 8.48. The van der Waals surface area contributed by atoms with Crippen molar-refractivity contribution >= 4 is 48.2 Å². The van der Waals surface area contributed by atoms with Crippen molar-refractivity contribution in [2.45, 2.75) is 56.3 Å². The number of thiol groups is 1. The molecule has 0 saturated carbocycles. The monoisotopic (exact) mass is 541 g/mol. The molecule has 4 unspecified atom stereocenters. The molecule has 0 aliphatic heterocycles. The highest BCUT2D eigenvalue weighted by molar-refractivity contribution is 7.80. The van der Waals surface area contributed by atoms with E-state index in [1.54, 1.807) is 0 Å².